The molecule has 0 aliphatic rings. The van der Waals surface area contributed by atoms with E-state index in [9.17, 15) is 0 Å². The molecule has 0 spiro atoms. The lowest BCUT2D eigenvalue weighted by molar-refractivity contribution is 0.724. The van der Waals surface area contributed by atoms with E-state index in [0.717, 1.165) is 5.75 Å². The van der Waals surface area contributed by atoms with Crippen LogP contribution in [0.1, 0.15) is 38.2 Å². The summed E-state index contributed by atoms with van der Waals surface area (Å²) in [7, 11) is 0. The van der Waals surface area contributed by atoms with Crippen LogP contribution in [0.3, 0.4) is 0 Å². The van der Waals surface area contributed by atoms with Crippen molar-refractivity contribution in [2.75, 3.05) is 0 Å². The maximum absolute atomic E-state index is 2.35. The summed E-state index contributed by atoms with van der Waals surface area (Å²) in [4.78, 5) is 0. The van der Waals surface area contributed by atoms with Crippen LogP contribution in [0.4, 0.5) is 0 Å². The Bertz CT molecular complexity index is 218. The lowest BCUT2D eigenvalue weighted by Crippen LogP contribution is -1.79. The molecule has 0 amide bonds. The van der Waals surface area contributed by atoms with Crippen molar-refractivity contribution >= 4 is 11.8 Å². The molecule has 0 aliphatic heterocycles. The summed E-state index contributed by atoms with van der Waals surface area (Å²) >= 11 is 1.93. The Morgan fingerprint density at radius 3 is 2.64 bits per heavy atom. The third kappa shape index (κ3) is 5.33. The molecule has 0 fully saturated rings. The van der Waals surface area contributed by atoms with Gasteiger partial charge in [0.1, 0.15) is 0 Å². The number of rotatable bonds is 7. The van der Waals surface area contributed by atoms with E-state index in [-0.39, 0.29) is 0 Å². The van der Waals surface area contributed by atoms with Gasteiger partial charge in [0.15, 0.2) is 0 Å². The largest absolute Gasteiger partial charge is 0.153 e. The van der Waals surface area contributed by atoms with Gasteiger partial charge in [0.2, 0.25) is 0 Å². The quantitative estimate of drug-likeness (QED) is 0.586. The Hall–Kier alpha value is -0.430. The lowest BCUT2D eigenvalue weighted by atomic mass is 10.2. The number of thioether (sulfide) groups is 1. The molecule has 0 saturated heterocycles. The van der Waals surface area contributed by atoms with Crippen LogP contribution < -0.4 is 0 Å². The van der Waals surface area contributed by atoms with Crippen molar-refractivity contribution in [2.45, 2.75) is 38.4 Å². The maximum atomic E-state index is 2.35. The Balaban J connectivity index is 1.99. The normalized spacial score (nSPS) is 10.4. The van der Waals surface area contributed by atoms with Gasteiger partial charge in [-0.25, -0.2) is 0 Å². The summed E-state index contributed by atoms with van der Waals surface area (Å²) in [5, 5.41) is 0. The second kappa shape index (κ2) is 7.93. The van der Waals surface area contributed by atoms with Crippen LogP contribution in [-0.4, -0.2) is 0 Å². The van der Waals surface area contributed by atoms with Crippen molar-refractivity contribution in [2.24, 2.45) is 0 Å². The second-order valence-electron chi connectivity index (χ2n) is 3.46. The molecule has 0 saturated carbocycles. The number of unbranched alkanes of at least 4 members (excludes halogenated alkanes) is 3. The van der Waals surface area contributed by atoms with E-state index in [1.54, 1.807) is 0 Å². The predicted octanol–water partition coefficient (Wildman–Crippen LogP) is 4.66. The van der Waals surface area contributed by atoms with Crippen LogP contribution in [-0.2, 0) is 5.75 Å². The van der Waals surface area contributed by atoms with E-state index in [0.29, 0.717) is 0 Å². The molecule has 1 radical (unpaired) electrons. The number of hydrogen-bond acceptors (Lipinski definition) is 1. The monoisotopic (exact) mass is 207 g/mol. The molecule has 0 N–H and O–H groups in total. The summed E-state index contributed by atoms with van der Waals surface area (Å²) < 4.78 is 0. The van der Waals surface area contributed by atoms with E-state index in [1.165, 1.54) is 31.2 Å². The summed E-state index contributed by atoms with van der Waals surface area (Å²) in [6.07, 6.45) is 5.28. The van der Waals surface area contributed by atoms with Gasteiger partial charge in [-0.15, -0.1) is 0 Å². The van der Waals surface area contributed by atoms with Crippen LogP contribution >= 0.6 is 11.8 Å². The summed E-state index contributed by atoms with van der Waals surface area (Å²) in [6, 6.07) is 10.7. The minimum Gasteiger partial charge on any atom is -0.153 e. The molecule has 77 valence electrons. The predicted molar refractivity (Wildman–Crippen MR) is 66.2 cm³/mol. The van der Waals surface area contributed by atoms with Gasteiger partial charge in [-0.05, 0) is 12.0 Å². The van der Waals surface area contributed by atoms with Gasteiger partial charge in [0.05, 0.1) is 0 Å². The van der Waals surface area contributed by atoms with Crippen LogP contribution in [0.15, 0.2) is 30.3 Å². The van der Waals surface area contributed by atoms with Crippen LogP contribution in [0.25, 0.3) is 0 Å². The van der Waals surface area contributed by atoms with E-state index >= 15 is 0 Å². The maximum Gasteiger partial charge on any atom is 0.0187 e. The molecule has 1 rings (SSSR count). The van der Waals surface area contributed by atoms with Crippen molar-refractivity contribution in [3.8, 4) is 0 Å². The van der Waals surface area contributed by atoms with Crippen LogP contribution in [0.2, 0.25) is 0 Å². The smallest absolute Gasteiger partial charge is 0.0187 e. The zero-order valence-electron chi connectivity index (χ0n) is 8.91. The molecule has 1 heteroatoms. The average Bonchev–Trinajstić information content (AvgIpc) is 2.25. The summed E-state index contributed by atoms with van der Waals surface area (Å²) in [5.41, 5.74) is 1.42. The fourth-order valence-electron chi connectivity index (χ4n) is 1.29. The minimum atomic E-state index is 1.12. The Kier molecular flexibility index (Phi) is 6.59. The third-order valence-corrected chi connectivity index (χ3v) is 3.11. The van der Waals surface area contributed by atoms with E-state index in [1.807, 2.05) is 11.8 Å². The molecule has 0 unspecified atom stereocenters. The van der Waals surface area contributed by atoms with Gasteiger partial charge in [-0.1, -0.05) is 56.5 Å². The van der Waals surface area contributed by atoms with Crippen LogP contribution in [0, 0.1) is 5.75 Å². The highest BCUT2D eigenvalue weighted by Gasteiger charge is 1.92. The average molecular weight is 207 g/mol. The first kappa shape index (κ1) is 11.6. The van der Waals surface area contributed by atoms with E-state index in [4.69, 9.17) is 0 Å². The van der Waals surface area contributed by atoms with Gasteiger partial charge in [-0.2, -0.15) is 11.8 Å². The molecular formula is C13H19S. The van der Waals surface area contributed by atoms with Crippen molar-refractivity contribution < 1.29 is 0 Å². The first-order valence-corrected chi connectivity index (χ1v) is 6.45. The standard InChI is InChI=1S/C13H19S/c1-2-3-4-8-11-14-12-13-9-6-5-7-10-13/h5-7,9-11H,2-4,8,12H2,1H3. The highest BCUT2D eigenvalue weighted by Crippen LogP contribution is 2.17. The van der Waals surface area contributed by atoms with Gasteiger partial charge < -0.3 is 0 Å². The molecule has 0 heterocycles. The fourth-order valence-corrected chi connectivity index (χ4v) is 2.13. The van der Waals surface area contributed by atoms with Crippen molar-refractivity contribution in [1.29, 1.82) is 0 Å². The van der Waals surface area contributed by atoms with Gasteiger partial charge >= 0.3 is 0 Å². The molecule has 0 nitrogen and oxygen atoms in total. The number of benzene rings is 1. The van der Waals surface area contributed by atoms with Gasteiger partial charge in [0, 0.05) is 11.5 Å². The fraction of sp³-hybridized carbons (Fsp3) is 0.462. The molecule has 0 aliphatic carbocycles. The molecule has 14 heavy (non-hydrogen) atoms. The highest BCUT2D eigenvalue weighted by molar-refractivity contribution is 8.00. The molecule has 0 atom stereocenters. The molecule has 1 aromatic rings. The zero-order valence-corrected chi connectivity index (χ0v) is 9.72. The Morgan fingerprint density at radius 1 is 1.14 bits per heavy atom. The van der Waals surface area contributed by atoms with E-state index in [2.05, 4.69) is 43.0 Å². The van der Waals surface area contributed by atoms with Crippen molar-refractivity contribution in [3.63, 3.8) is 0 Å². The molecule has 0 aromatic heterocycles. The van der Waals surface area contributed by atoms with Crippen molar-refractivity contribution in [1.82, 2.24) is 0 Å². The Labute approximate surface area is 92.1 Å². The molecular weight excluding hydrogens is 188 g/mol. The summed E-state index contributed by atoms with van der Waals surface area (Å²) in [5.74, 6) is 3.47. The lowest BCUT2D eigenvalue weighted by Gasteiger charge is -2.00. The molecule has 1 aromatic carbocycles. The second-order valence-corrected chi connectivity index (χ2v) is 4.41. The highest BCUT2D eigenvalue weighted by atomic mass is 32.2. The topological polar surface area (TPSA) is 0 Å². The minimum absolute atomic E-state index is 1.12. The van der Waals surface area contributed by atoms with Gasteiger partial charge in [0.25, 0.3) is 0 Å². The Morgan fingerprint density at radius 2 is 1.93 bits per heavy atom. The zero-order chi connectivity index (χ0) is 10.1. The SMILES string of the molecule is CCCCC[CH]SCc1ccccc1. The van der Waals surface area contributed by atoms with Crippen LogP contribution in [0.5, 0.6) is 0 Å². The third-order valence-electron chi connectivity index (χ3n) is 2.14. The number of hydrogen-bond donors (Lipinski definition) is 0. The van der Waals surface area contributed by atoms with E-state index < -0.39 is 0 Å². The first-order chi connectivity index (χ1) is 6.93. The van der Waals surface area contributed by atoms with Gasteiger partial charge in [-0.3, -0.25) is 0 Å². The first-order valence-electron chi connectivity index (χ1n) is 5.40. The van der Waals surface area contributed by atoms with Crippen molar-refractivity contribution in [3.05, 3.63) is 41.6 Å². The molecule has 0 bridgehead atoms. The summed E-state index contributed by atoms with van der Waals surface area (Å²) in [6.45, 7) is 2.25.